The number of hydrogen-bond acceptors (Lipinski definition) is 4. The van der Waals surface area contributed by atoms with Crippen LogP contribution in [0.5, 0.6) is 11.5 Å². The quantitative estimate of drug-likeness (QED) is 0.426. The van der Waals surface area contributed by atoms with Crippen LogP contribution < -0.4 is 15.5 Å². The number of hydrazone groups is 1. The maximum absolute atomic E-state index is 12.0. The van der Waals surface area contributed by atoms with Crippen LogP contribution in [0, 0.1) is 6.92 Å². The van der Waals surface area contributed by atoms with Crippen molar-refractivity contribution in [3.05, 3.63) is 90.0 Å². The van der Waals surface area contributed by atoms with Crippen LogP contribution in [0.4, 0.5) is 5.69 Å². The van der Waals surface area contributed by atoms with E-state index in [2.05, 4.69) is 15.8 Å². The summed E-state index contributed by atoms with van der Waals surface area (Å²) in [5.41, 5.74) is 4.94. The van der Waals surface area contributed by atoms with Gasteiger partial charge in [0.25, 0.3) is 0 Å². The van der Waals surface area contributed by atoms with Crippen LogP contribution in [0.1, 0.15) is 24.0 Å². The number of amides is 2. The van der Waals surface area contributed by atoms with Crippen LogP contribution in [0.2, 0.25) is 0 Å². The Morgan fingerprint density at radius 1 is 0.867 bits per heavy atom. The van der Waals surface area contributed by atoms with Crippen molar-refractivity contribution in [2.24, 2.45) is 5.10 Å². The molecule has 0 aliphatic carbocycles. The van der Waals surface area contributed by atoms with Crippen LogP contribution in [0.3, 0.4) is 0 Å². The molecule has 0 heterocycles. The van der Waals surface area contributed by atoms with E-state index in [9.17, 15) is 9.59 Å². The van der Waals surface area contributed by atoms with E-state index in [4.69, 9.17) is 4.74 Å². The van der Waals surface area contributed by atoms with Gasteiger partial charge in [0.05, 0.1) is 6.21 Å². The Balaban J connectivity index is 1.44. The molecule has 6 heteroatoms. The fourth-order valence-corrected chi connectivity index (χ4v) is 2.67. The monoisotopic (exact) mass is 401 g/mol. The number of para-hydroxylation sites is 2. The number of nitrogens with zero attached hydrogens (tertiary/aromatic N) is 1. The van der Waals surface area contributed by atoms with Crippen LogP contribution in [-0.2, 0) is 9.59 Å². The molecular weight excluding hydrogens is 378 g/mol. The minimum Gasteiger partial charge on any atom is -0.457 e. The average Bonchev–Trinajstić information content (AvgIpc) is 2.75. The molecule has 2 N–H and O–H groups in total. The summed E-state index contributed by atoms with van der Waals surface area (Å²) in [5, 5.41) is 6.76. The van der Waals surface area contributed by atoms with Crippen molar-refractivity contribution in [3.8, 4) is 11.5 Å². The van der Waals surface area contributed by atoms with Gasteiger partial charge in [0.2, 0.25) is 11.8 Å². The number of rotatable bonds is 8. The van der Waals surface area contributed by atoms with Crippen LogP contribution >= 0.6 is 0 Å². The van der Waals surface area contributed by atoms with E-state index < -0.39 is 0 Å². The molecule has 3 rings (SSSR count). The number of carbonyl (C=O) groups excluding carboxylic acids is 2. The first-order valence-corrected chi connectivity index (χ1v) is 9.60. The zero-order valence-electron chi connectivity index (χ0n) is 16.7. The maximum atomic E-state index is 12.0. The summed E-state index contributed by atoms with van der Waals surface area (Å²) >= 11 is 0. The van der Waals surface area contributed by atoms with Gasteiger partial charge in [-0.25, -0.2) is 5.43 Å². The molecule has 30 heavy (non-hydrogen) atoms. The van der Waals surface area contributed by atoms with Gasteiger partial charge in [-0.05, 0) is 48.4 Å². The molecule has 152 valence electrons. The number of aryl methyl sites for hydroxylation is 1. The summed E-state index contributed by atoms with van der Waals surface area (Å²) in [6.45, 7) is 1.91. The first-order valence-electron chi connectivity index (χ1n) is 9.60. The van der Waals surface area contributed by atoms with Crippen molar-refractivity contribution in [1.29, 1.82) is 0 Å². The number of hydrogen-bond donors (Lipinski definition) is 2. The van der Waals surface area contributed by atoms with Crippen molar-refractivity contribution >= 4 is 23.7 Å². The largest absolute Gasteiger partial charge is 0.457 e. The second-order valence-electron chi connectivity index (χ2n) is 6.64. The van der Waals surface area contributed by atoms with Crippen molar-refractivity contribution in [2.75, 3.05) is 5.32 Å². The SMILES string of the molecule is Cc1ccccc1NC(=O)CCC(=O)N/N=C/c1cccc(Oc2ccccc2)c1. The highest BCUT2D eigenvalue weighted by Crippen LogP contribution is 2.21. The van der Waals surface area contributed by atoms with Gasteiger partial charge >= 0.3 is 0 Å². The molecule has 0 bridgehead atoms. The van der Waals surface area contributed by atoms with Crippen molar-refractivity contribution in [3.63, 3.8) is 0 Å². The third-order valence-corrected chi connectivity index (χ3v) is 4.24. The van der Waals surface area contributed by atoms with Gasteiger partial charge in [0.1, 0.15) is 11.5 Å². The number of nitrogens with one attached hydrogen (secondary N) is 2. The van der Waals surface area contributed by atoms with E-state index in [0.717, 1.165) is 22.6 Å². The van der Waals surface area contributed by atoms with Crippen LogP contribution in [0.25, 0.3) is 0 Å². The lowest BCUT2D eigenvalue weighted by Crippen LogP contribution is -2.20. The highest BCUT2D eigenvalue weighted by molar-refractivity contribution is 5.94. The molecule has 0 radical (unpaired) electrons. The fourth-order valence-electron chi connectivity index (χ4n) is 2.67. The molecule has 3 aromatic rings. The van der Waals surface area contributed by atoms with Gasteiger partial charge in [-0.15, -0.1) is 0 Å². The van der Waals surface area contributed by atoms with E-state index >= 15 is 0 Å². The summed E-state index contributed by atoms with van der Waals surface area (Å²) in [4.78, 5) is 23.9. The minimum absolute atomic E-state index is 0.0478. The molecule has 0 aromatic heterocycles. The van der Waals surface area contributed by atoms with Gasteiger partial charge in [-0.1, -0.05) is 48.5 Å². The molecular formula is C24H23N3O3. The molecule has 0 aliphatic heterocycles. The fraction of sp³-hybridized carbons (Fsp3) is 0.125. The first-order chi connectivity index (χ1) is 14.6. The zero-order valence-corrected chi connectivity index (χ0v) is 16.7. The molecule has 0 unspecified atom stereocenters. The van der Waals surface area contributed by atoms with Crippen molar-refractivity contribution in [2.45, 2.75) is 19.8 Å². The summed E-state index contributed by atoms with van der Waals surface area (Å²) in [6, 6.07) is 24.3. The standard InChI is InChI=1S/C24H23N3O3/c1-18-8-5-6-13-22(18)26-23(28)14-15-24(29)27-25-17-19-9-7-12-21(16-19)30-20-10-3-2-4-11-20/h2-13,16-17H,14-15H2,1H3,(H,26,28)(H,27,29)/b25-17+. The number of anilines is 1. The summed E-state index contributed by atoms with van der Waals surface area (Å²) in [7, 11) is 0. The normalized spacial score (nSPS) is 10.6. The van der Waals surface area contributed by atoms with E-state index in [-0.39, 0.29) is 24.7 Å². The molecule has 0 atom stereocenters. The Bertz CT molecular complexity index is 1030. The molecule has 2 amide bonds. The summed E-state index contributed by atoms with van der Waals surface area (Å²) in [5.74, 6) is 0.866. The van der Waals surface area contributed by atoms with Crippen molar-refractivity contribution < 1.29 is 14.3 Å². The zero-order chi connectivity index (χ0) is 21.2. The number of benzene rings is 3. The Kier molecular flexibility index (Phi) is 7.33. The minimum atomic E-state index is -0.331. The van der Waals surface area contributed by atoms with Gasteiger partial charge < -0.3 is 10.1 Å². The van der Waals surface area contributed by atoms with Crippen LogP contribution in [0.15, 0.2) is 84.0 Å². The lowest BCUT2D eigenvalue weighted by Gasteiger charge is -2.07. The maximum Gasteiger partial charge on any atom is 0.240 e. The highest BCUT2D eigenvalue weighted by Gasteiger charge is 2.07. The Labute approximate surface area is 175 Å². The number of carbonyl (C=O) groups is 2. The van der Waals surface area contributed by atoms with E-state index in [1.54, 1.807) is 0 Å². The third kappa shape index (κ3) is 6.60. The summed E-state index contributed by atoms with van der Waals surface area (Å²) < 4.78 is 5.78. The van der Waals surface area contributed by atoms with Gasteiger partial charge in [0, 0.05) is 18.5 Å². The third-order valence-electron chi connectivity index (χ3n) is 4.24. The second kappa shape index (κ2) is 10.6. The highest BCUT2D eigenvalue weighted by atomic mass is 16.5. The number of ether oxygens (including phenoxy) is 1. The topological polar surface area (TPSA) is 79.8 Å². The van der Waals surface area contributed by atoms with Gasteiger partial charge in [0.15, 0.2) is 0 Å². The smallest absolute Gasteiger partial charge is 0.240 e. The van der Waals surface area contributed by atoms with Gasteiger partial charge in [-0.3, -0.25) is 9.59 Å². The average molecular weight is 401 g/mol. The molecule has 0 saturated carbocycles. The molecule has 6 nitrogen and oxygen atoms in total. The Morgan fingerprint density at radius 3 is 2.37 bits per heavy atom. The molecule has 0 saturated heterocycles. The first kappa shape index (κ1) is 20.8. The molecule has 3 aromatic carbocycles. The predicted octanol–water partition coefficient (Wildman–Crippen LogP) is 4.66. The Morgan fingerprint density at radius 2 is 1.57 bits per heavy atom. The van der Waals surface area contributed by atoms with E-state index in [1.165, 1.54) is 6.21 Å². The van der Waals surface area contributed by atoms with Gasteiger partial charge in [-0.2, -0.15) is 5.10 Å². The van der Waals surface area contributed by atoms with Crippen molar-refractivity contribution in [1.82, 2.24) is 5.43 Å². The Hall–Kier alpha value is -3.93. The molecule has 0 aliphatic rings. The lowest BCUT2D eigenvalue weighted by atomic mass is 10.2. The second-order valence-corrected chi connectivity index (χ2v) is 6.64. The lowest BCUT2D eigenvalue weighted by molar-refractivity contribution is -0.124. The van der Waals surface area contributed by atoms with E-state index in [1.807, 2.05) is 85.8 Å². The van der Waals surface area contributed by atoms with E-state index in [0.29, 0.717) is 5.75 Å². The molecule has 0 fully saturated rings. The molecule has 0 spiro atoms. The summed E-state index contributed by atoms with van der Waals surface area (Å²) in [6.07, 6.45) is 1.66. The predicted molar refractivity (Wildman–Crippen MR) is 118 cm³/mol. The van der Waals surface area contributed by atoms with Crippen LogP contribution in [-0.4, -0.2) is 18.0 Å².